The summed E-state index contributed by atoms with van der Waals surface area (Å²) in [6, 6.07) is 9.02. The van der Waals surface area contributed by atoms with Gasteiger partial charge in [-0.3, -0.25) is 0 Å². The van der Waals surface area contributed by atoms with Crippen molar-refractivity contribution in [3.63, 3.8) is 0 Å². The first kappa shape index (κ1) is 16.7. The molecule has 0 spiro atoms. The Labute approximate surface area is 113 Å². The molecule has 0 heterocycles. The summed E-state index contributed by atoms with van der Waals surface area (Å²) >= 11 is 0. The zero-order chi connectivity index (χ0) is 8.97. The van der Waals surface area contributed by atoms with E-state index in [1.165, 1.54) is 5.56 Å². The first-order valence-corrected chi connectivity index (χ1v) is 4.37. The molecule has 0 fully saturated rings. The van der Waals surface area contributed by atoms with Crippen molar-refractivity contribution >= 4 is 23.1 Å². The molecular formula is C11H15BrMgO. The molecule has 1 nitrogen and oxygen atoms in total. The molecule has 0 amide bonds. The second-order valence-electron chi connectivity index (χ2n) is 3.07. The van der Waals surface area contributed by atoms with Crippen LogP contribution in [0.1, 0.15) is 25.8 Å². The Balaban J connectivity index is 0. The number of hydrogen-bond acceptors (Lipinski definition) is 1. The van der Waals surface area contributed by atoms with Gasteiger partial charge in [-0.1, -0.05) is 13.8 Å². The van der Waals surface area contributed by atoms with Crippen LogP contribution in [0.25, 0.3) is 0 Å². The Bertz CT molecular complexity index is 236. The van der Waals surface area contributed by atoms with E-state index in [2.05, 4.69) is 19.9 Å². The molecule has 1 rings (SSSR count). The van der Waals surface area contributed by atoms with Crippen molar-refractivity contribution in [1.29, 1.82) is 0 Å². The van der Waals surface area contributed by atoms with E-state index in [9.17, 15) is 0 Å². The second kappa shape index (κ2) is 8.56. The molecule has 1 unspecified atom stereocenters. The van der Waals surface area contributed by atoms with Gasteiger partial charge in [-0.15, -0.1) is 12.1 Å². The summed E-state index contributed by atoms with van der Waals surface area (Å²) in [5, 5.41) is 0. The predicted octanol–water partition coefficient (Wildman–Crippen LogP) is -0.404. The summed E-state index contributed by atoms with van der Waals surface area (Å²) in [7, 11) is 0. The smallest absolute Gasteiger partial charge is 1.00 e. The van der Waals surface area contributed by atoms with Gasteiger partial charge in [-0.05, 0) is 13.3 Å². The van der Waals surface area contributed by atoms with E-state index in [1.807, 2.05) is 25.1 Å². The monoisotopic (exact) mass is 266 g/mol. The van der Waals surface area contributed by atoms with Gasteiger partial charge >= 0.3 is 23.1 Å². The van der Waals surface area contributed by atoms with Crippen LogP contribution in [0, 0.1) is 13.0 Å². The van der Waals surface area contributed by atoms with Gasteiger partial charge in [0.15, 0.2) is 0 Å². The van der Waals surface area contributed by atoms with E-state index in [1.54, 1.807) is 0 Å². The molecular weight excluding hydrogens is 252 g/mol. The van der Waals surface area contributed by atoms with Crippen LogP contribution in [0.3, 0.4) is 0 Å². The molecule has 1 aromatic carbocycles. The van der Waals surface area contributed by atoms with Crippen LogP contribution in [-0.4, -0.2) is 29.2 Å². The molecule has 0 aliphatic rings. The maximum absolute atomic E-state index is 5.56. The van der Waals surface area contributed by atoms with E-state index in [0.29, 0.717) is 0 Å². The Kier molecular flexibility index (Phi) is 10.2. The maximum Gasteiger partial charge on any atom is 2.00 e. The third-order valence-corrected chi connectivity index (χ3v) is 1.84. The number of benzene rings is 1. The van der Waals surface area contributed by atoms with Crippen molar-refractivity contribution in [1.82, 2.24) is 0 Å². The van der Waals surface area contributed by atoms with Gasteiger partial charge in [-0.25, -0.2) is 0 Å². The largest absolute Gasteiger partial charge is 2.00 e. The van der Waals surface area contributed by atoms with Crippen LogP contribution in [0.5, 0.6) is 5.75 Å². The van der Waals surface area contributed by atoms with Crippen molar-refractivity contribution in [2.75, 3.05) is 0 Å². The molecule has 14 heavy (non-hydrogen) atoms. The standard InChI is InChI=1S/C11H15O.BrH.Mg/c1-4-10(3)12-11-7-5-9(2)6-8-11;;/h5-7,10H,4H2,1-3H3;1H;/q-1;;+2/p-1. The Morgan fingerprint density at radius 3 is 2.50 bits per heavy atom. The quantitative estimate of drug-likeness (QED) is 0.535. The molecule has 0 aliphatic carbocycles. The first-order valence-electron chi connectivity index (χ1n) is 4.37. The van der Waals surface area contributed by atoms with Crippen LogP contribution >= 0.6 is 0 Å². The summed E-state index contributed by atoms with van der Waals surface area (Å²) in [6.45, 7) is 6.22. The normalized spacial score (nSPS) is 10.8. The number of rotatable bonds is 3. The molecule has 0 aromatic heterocycles. The topological polar surface area (TPSA) is 9.23 Å². The Morgan fingerprint density at radius 1 is 1.43 bits per heavy atom. The average molecular weight is 267 g/mol. The van der Waals surface area contributed by atoms with E-state index in [0.717, 1.165) is 12.2 Å². The van der Waals surface area contributed by atoms with Gasteiger partial charge < -0.3 is 21.7 Å². The first-order chi connectivity index (χ1) is 5.72. The molecule has 1 aromatic rings. The van der Waals surface area contributed by atoms with Gasteiger partial charge in [0.2, 0.25) is 0 Å². The van der Waals surface area contributed by atoms with Gasteiger partial charge in [0.25, 0.3) is 0 Å². The fourth-order valence-corrected chi connectivity index (χ4v) is 0.862. The summed E-state index contributed by atoms with van der Waals surface area (Å²) in [4.78, 5) is 0. The van der Waals surface area contributed by atoms with Gasteiger partial charge in [0.05, 0.1) is 6.10 Å². The zero-order valence-electron chi connectivity index (χ0n) is 9.01. The summed E-state index contributed by atoms with van der Waals surface area (Å²) in [5.74, 6) is 0.843. The number of ether oxygens (including phenoxy) is 1. The molecule has 0 aliphatic heterocycles. The summed E-state index contributed by atoms with van der Waals surface area (Å²) < 4.78 is 5.56. The van der Waals surface area contributed by atoms with Crippen LogP contribution in [0.2, 0.25) is 0 Å². The second-order valence-corrected chi connectivity index (χ2v) is 3.07. The third kappa shape index (κ3) is 5.88. The van der Waals surface area contributed by atoms with Crippen molar-refractivity contribution in [3.8, 4) is 5.75 Å². The zero-order valence-corrected chi connectivity index (χ0v) is 12.0. The third-order valence-electron chi connectivity index (χ3n) is 1.84. The molecule has 0 bridgehead atoms. The van der Waals surface area contributed by atoms with Crippen LogP contribution in [0.4, 0.5) is 0 Å². The van der Waals surface area contributed by atoms with Crippen molar-refractivity contribution < 1.29 is 21.7 Å². The number of hydrogen-bond donors (Lipinski definition) is 0. The van der Waals surface area contributed by atoms with Crippen LogP contribution < -0.4 is 21.7 Å². The van der Waals surface area contributed by atoms with Crippen molar-refractivity contribution in [2.24, 2.45) is 0 Å². The summed E-state index contributed by atoms with van der Waals surface area (Å²) in [6.07, 6.45) is 1.31. The van der Waals surface area contributed by atoms with Gasteiger partial charge in [0.1, 0.15) is 0 Å². The molecule has 0 saturated carbocycles. The van der Waals surface area contributed by atoms with E-state index in [-0.39, 0.29) is 46.1 Å². The van der Waals surface area contributed by atoms with Crippen molar-refractivity contribution in [3.05, 3.63) is 29.8 Å². The summed E-state index contributed by atoms with van der Waals surface area (Å²) in [5.41, 5.74) is 1.21. The maximum atomic E-state index is 5.56. The minimum absolute atomic E-state index is 0. The van der Waals surface area contributed by atoms with Crippen molar-refractivity contribution in [2.45, 2.75) is 33.3 Å². The average Bonchev–Trinajstić information content (AvgIpc) is 2.09. The number of halogens is 1. The molecule has 0 saturated heterocycles. The SMILES string of the molecule is CCC(C)Oc1[c-]cc(C)cc1.[Br-].[Mg+2]. The van der Waals surface area contributed by atoms with Crippen LogP contribution in [-0.2, 0) is 0 Å². The van der Waals surface area contributed by atoms with Gasteiger partial charge in [0, 0.05) is 5.75 Å². The predicted molar refractivity (Wildman–Crippen MR) is 56.2 cm³/mol. The molecule has 3 heteroatoms. The molecule has 0 radical (unpaired) electrons. The van der Waals surface area contributed by atoms with E-state index in [4.69, 9.17) is 4.74 Å². The molecule has 74 valence electrons. The number of aryl methyl sites for hydroxylation is 1. The minimum Gasteiger partial charge on any atom is -1.00 e. The van der Waals surface area contributed by atoms with Gasteiger partial charge in [-0.2, -0.15) is 17.7 Å². The van der Waals surface area contributed by atoms with E-state index < -0.39 is 0 Å². The Hall–Kier alpha value is 0.266. The minimum atomic E-state index is 0. The Morgan fingerprint density at radius 2 is 2.07 bits per heavy atom. The fourth-order valence-electron chi connectivity index (χ4n) is 0.862. The molecule has 0 N–H and O–H groups in total. The fraction of sp³-hybridized carbons (Fsp3) is 0.455. The van der Waals surface area contributed by atoms with Crippen LogP contribution in [0.15, 0.2) is 18.2 Å². The molecule has 1 atom stereocenters. The van der Waals surface area contributed by atoms with E-state index >= 15 is 0 Å².